The van der Waals surface area contributed by atoms with Crippen molar-refractivity contribution < 1.29 is 9.53 Å². The van der Waals surface area contributed by atoms with Crippen LogP contribution in [-0.2, 0) is 0 Å². The molecule has 0 saturated heterocycles. The summed E-state index contributed by atoms with van der Waals surface area (Å²) in [5, 5.41) is 4.00. The summed E-state index contributed by atoms with van der Waals surface area (Å²) in [5.74, 6) is 0.495. The van der Waals surface area contributed by atoms with E-state index in [0.29, 0.717) is 12.2 Å². The summed E-state index contributed by atoms with van der Waals surface area (Å²) in [6.45, 7) is 2.70. The molecule has 0 atom stereocenters. The van der Waals surface area contributed by atoms with Crippen LogP contribution in [0.3, 0.4) is 0 Å². The number of halogens is 1. The Balaban J connectivity index is 2.02. The molecule has 0 aliphatic heterocycles. The second kappa shape index (κ2) is 8.34. The van der Waals surface area contributed by atoms with E-state index in [9.17, 15) is 4.79 Å². The summed E-state index contributed by atoms with van der Waals surface area (Å²) in [6.07, 6.45) is 2.52. The van der Waals surface area contributed by atoms with E-state index in [1.54, 1.807) is 24.4 Å². The quantitative estimate of drug-likeness (QED) is 0.625. The number of ether oxygens (including phenoxy) is 1. The standard InChI is InChI=1S/C17H17BrN2O2/c1-2-10-22-16-9-4-3-6-14(16)12-19-20-17(21)13-7-5-8-15(18)11-13/h3-9,11-12H,2,10H2,1H3,(H,20,21)/b19-12-. The van der Waals surface area contributed by atoms with E-state index < -0.39 is 0 Å². The van der Waals surface area contributed by atoms with Crippen LogP contribution in [0, 0.1) is 0 Å². The number of carbonyl (C=O) groups excluding carboxylic acids is 1. The van der Waals surface area contributed by atoms with Crippen LogP contribution in [0.1, 0.15) is 29.3 Å². The molecule has 0 fully saturated rings. The number of hydrogen-bond acceptors (Lipinski definition) is 3. The maximum Gasteiger partial charge on any atom is 0.271 e. The molecule has 2 aromatic carbocycles. The van der Waals surface area contributed by atoms with Gasteiger partial charge in [-0.15, -0.1) is 0 Å². The normalized spacial score (nSPS) is 10.6. The first-order valence-corrected chi connectivity index (χ1v) is 7.81. The molecule has 1 amide bonds. The SMILES string of the molecule is CCCOc1ccccc1/C=N\NC(=O)c1cccc(Br)c1. The van der Waals surface area contributed by atoms with Gasteiger partial charge in [0.2, 0.25) is 0 Å². The molecule has 2 aromatic rings. The van der Waals surface area contributed by atoms with E-state index in [-0.39, 0.29) is 5.91 Å². The van der Waals surface area contributed by atoms with Crippen LogP contribution in [-0.4, -0.2) is 18.7 Å². The van der Waals surface area contributed by atoms with Crippen LogP contribution in [0.5, 0.6) is 5.75 Å². The van der Waals surface area contributed by atoms with Gasteiger partial charge in [0, 0.05) is 15.6 Å². The van der Waals surface area contributed by atoms with E-state index in [1.807, 2.05) is 30.3 Å². The number of amides is 1. The molecule has 0 spiro atoms. The third-order valence-electron chi connectivity index (χ3n) is 2.84. The number of nitrogens with zero attached hydrogens (tertiary/aromatic N) is 1. The van der Waals surface area contributed by atoms with Gasteiger partial charge < -0.3 is 4.74 Å². The average Bonchev–Trinajstić information content (AvgIpc) is 2.54. The summed E-state index contributed by atoms with van der Waals surface area (Å²) >= 11 is 3.33. The molecule has 5 heteroatoms. The van der Waals surface area contributed by atoms with Crippen LogP contribution in [0.2, 0.25) is 0 Å². The first kappa shape index (κ1) is 16.2. The fourth-order valence-electron chi connectivity index (χ4n) is 1.79. The van der Waals surface area contributed by atoms with Crippen molar-refractivity contribution in [1.29, 1.82) is 0 Å². The molecule has 22 heavy (non-hydrogen) atoms. The van der Waals surface area contributed by atoms with E-state index >= 15 is 0 Å². The van der Waals surface area contributed by atoms with Crippen LogP contribution < -0.4 is 10.2 Å². The number of rotatable bonds is 6. The summed E-state index contributed by atoms with van der Waals surface area (Å²) < 4.78 is 6.48. The lowest BCUT2D eigenvalue weighted by Gasteiger charge is -2.07. The molecular formula is C17H17BrN2O2. The molecule has 0 bridgehead atoms. The summed E-state index contributed by atoms with van der Waals surface area (Å²) in [7, 11) is 0. The number of hydrazone groups is 1. The highest BCUT2D eigenvalue weighted by molar-refractivity contribution is 9.10. The van der Waals surface area contributed by atoms with Crippen molar-refractivity contribution in [2.75, 3.05) is 6.61 Å². The van der Waals surface area contributed by atoms with E-state index in [0.717, 1.165) is 22.2 Å². The predicted molar refractivity (Wildman–Crippen MR) is 91.4 cm³/mol. The number of benzene rings is 2. The molecule has 0 saturated carbocycles. The van der Waals surface area contributed by atoms with Gasteiger partial charge in [-0.3, -0.25) is 4.79 Å². The fraction of sp³-hybridized carbons (Fsp3) is 0.176. The molecule has 0 unspecified atom stereocenters. The Labute approximate surface area is 138 Å². The highest BCUT2D eigenvalue weighted by Crippen LogP contribution is 2.16. The first-order chi connectivity index (χ1) is 10.7. The zero-order chi connectivity index (χ0) is 15.8. The van der Waals surface area contributed by atoms with Gasteiger partial charge in [0.1, 0.15) is 5.75 Å². The van der Waals surface area contributed by atoms with Gasteiger partial charge in [0.25, 0.3) is 5.91 Å². The highest BCUT2D eigenvalue weighted by Gasteiger charge is 2.04. The van der Waals surface area contributed by atoms with Gasteiger partial charge in [0.05, 0.1) is 12.8 Å². The zero-order valence-corrected chi connectivity index (χ0v) is 13.8. The molecule has 2 rings (SSSR count). The van der Waals surface area contributed by atoms with Gasteiger partial charge in [-0.05, 0) is 36.8 Å². The molecule has 0 radical (unpaired) electrons. The average molecular weight is 361 g/mol. The van der Waals surface area contributed by atoms with Crippen LogP contribution in [0.15, 0.2) is 58.1 Å². The van der Waals surface area contributed by atoms with Crippen molar-refractivity contribution in [3.8, 4) is 5.75 Å². The minimum absolute atomic E-state index is 0.260. The zero-order valence-electron chi connectivity index (χ0n) is 12.3. The van der Waals surface area contributed by atoms with Crippen molar-refractivity contribution >= 4 is 28.1 Å². The fourth-order valence-corrected chi connectivity index (χ4v) is 2.18. The van der Waals surface area contributed by atoms with Gasteiger partial charge >= 0.3 is 0 Å². The van der Waals surface area contributed by atoms with Gasteiger partial charge in [-0.2, -0.15) is 5.10 Å². The van der Waals surface area contributed by atoms with Crippen LogP contribution >= 0.6 is 15.9 Å². The Hall–Kier alpha value is -2.14. The first-order valence-electron chi connectivity index (χ1n) is 7.01. The van der Waals surface area contributed by atoms with Crippen molar-refractivity contribution in [3.05, 3.63) is 64.1 Å². The monoisotopic (exact) mass is 360 g/mol. The third-order valence-corrected chi connectivity index (χ3v) is 3.33. The molecule has 1 N–H and O–H groups in total. The van der Waals surface area contributed by atoms with Gasteiger partial charge in [-0.1, -0.05) is 41.1 Å². The van der Waals surface area contributed by atoms with Crippen LogP contribution in [0.4, 0.5) is 0 Å². The molecular weight excluding hydrogens is 344 g/mol. The maximum absolute atomic E-state index is 12.0. The lowest BCUT2D eigenvalue weighted by atomic mass is 10.2. The molecule has 114 valence electrons. The molecule has 0 aromatic heterocycles. The highest BCUT2D eigenvalue weighted by atomic mass is 79.9. The van der Waals surface area contributed by atoms with Gasteiger partial charge in [0.15, 0.2) is 0 Å². The lowest BCUT2D eigenvalue weighted by molar-refractivity contribution is 0.0955. The third kappa shape index (κ3) is 4.70. The summed E-state index contributed by atoms with van der Waals surface area (Å²) in [5.41, 5.74) is 3.88. The Bertz CT molecular complexity index is 671. The van der Waals surface area contributed by atoms with E-state index in [1.165, 1.54) is 0 Å². The van der Waals surface area contributed by atoms with E-state index in [4.69, 9.17) is 4.74 Å². The van der Waals surface area contributed by atoms with Crippen molar-refractivity contribution in [1.82, 2.24) is 5.43 Å². The Morgan fingerprint density at radius 2 is 2.09 bits per heavy atom. The topological polar surface area (TPSA) is 50.7 Å². The Morgan fingerprint density at radius 3 is 2.86 bits per heavy atom. The van der Waals surface area contributed by atoms with Gasteiger partial charge in [-0.25, -0.2) is 5.43 Å². The largest absolute Gasteiger partial charge is 0.493 e. The maximum atomic E-state index is 12.0. The van der Waals surface area contributed by atoms with Crippen molar-refractivity contribution in [3.63, 3.8) is 0 Å². The van der Waals surface area contributed by atoms with Crippen molar-refractivity contribution in [2.24, 2.45) is 5.10 Å². The molecule has 0 aliphatic carbocycles. The second-order valence-corrected chi connectivity index (χ2v) is 5.51. The summed E-state index contributed by atoms with van der Waals surface area (Å²) in [6, 6.07) is 14.7. The second-order valence-electron chi connectivity index (χ2n) is 4.60. The Morgan fingerprint density at radius 1 is 1.27 bits per heavy atom. The number of hydrogen-bond donors (Lipinski definition) is 1. The Kier molecular flexibility index (Phi) is 6.15. The predicted octanol–water partition coefficient (Wildman–Crippen LogP) is 4.00. The number of nitrogens with one attached hydrogen (secondary N) is 1. The minimum atomic E-state index is -0.260. The lowest BCUT2D eigenvalue weighted by Crippen LogP contribution is -2.17. The molecule has 0 aliphatic rings. The molecule has 0 heterocycles. The smallest absolute Gasteiger partial charge is 0.271 e. The molecule has 4 nitrogen and oxygen atoms in total. The van der Waals surface area contributed by atoms with Crippen molar-refractivity contribution in [2.45, 2.75) is 13.3 Å². The van der Waals surface area contributed by atoms with E-state index in [2.05, 4.69) is 33.4 Å². The van der Waals surface area contributed by atoms with Crippen LogP contribution in [0.25, 0.3) is 0 Å². The summed E-state index contributed by atoms with van der Waals surface area (Å²) in [4.78, 5) is 12.0. The minimum Gasteiger partial charge on any atom is -0.493 e. The number of para-hydroxylation sites is 1. The number of carbonyl (C=O) groups is 1.